The second kappa shape index (κ2) is 8.57. The number of H-pyrrole nitrogens is 1. The number of halogens is 2. The van der Waals surface area contributed by atoms with E-state index in [0.717, 1.165) is 41.7 Å². The fourth-order valence-electron chi connectivity index (χ4n) is 4.15. The van der Waals surface area contributed by atoms with Crippen molar-refractivity contribution in [1.29, 1.82) is 0 Å². The van der Waals surface area contributed by atoms with Crippen LogP contribution in [0.3, 0.4) is 0 Å². The zero-order valence-electron chi connectivity index (χ0n) is 16.1. The molecule has 2 saturated heterocycles. The van der Waals surface area contributed by atoms with Crippen molar-refractivity contribution in [2.75, 3.05) is 31.1 Å². The zero-order chi connectivity index (χ0) is 20.4. The Morgan fingerprint density at radius 1 is 1.17 bits per heavy atom. The number of nitrogens with zero attached hydrogens (tertiary/aromatic N) is 1. The highest BCUT2D eigenvalue weighted by Gasteiger charge is 2.26. The molecule has 9 heteroatoms. The molecule has 0 saturated carbocycles. The molecule has 2 aliphatic rings. The fourth-order valence-corrected chi connectivity index (χ4v) is 5.60. The smallest absolute Gasteiger partial charge is 0.345 e. The van der Waals surface area contributed by atoms with E-state index in [0.29, 0.717) is 25.8 Å². The second-order valence-corrected chi connectivity index (χ2v) is 10.2. The van der Waals surface area contributed by atoms with Crippen LogP contribution in [0.5, 0.6) is 5.75 Å². The summed E-state index contributed by atoms with van der Waals surface area (Å²) in [5.74, 6) is 1.11. The van der Waals surface area contributed by atoms with E-state index in [4.69, 9.17) is 4.74 Å². The summed E-state index contributed by atoms with van der Waals surface area (Å²) < 4.78 is 58.5. The van der Waals surface area contributed by atoms with E-state index in [1.54, 1.807) is 0 Å². The van der Waals surface area contributed by atoms with Gasteiger partial charge in [-0.15, -0.1) is 0 Å². The number of likely N-dealkylation sites (tertiary alicyclic amines) is 1. The van der Waals surface area contributed by atoms with Crippen LogP contribution in [0.1, 0.15) is 24.8 Å². The number of ether oxygens (including phenoxy) is 2. The molecule has 1 atom stereocenters. The van der Waals surface area contributed by atoms with Crippen molar-refractivity contribution in [3.63, 3.8) is 0 Å². The molecule has 3 heterocycles. The molecule has 6 nitrogen and oxygen atoms in total. The van der Waals surface area contributed by atoms with E-state index in [1.807, 2.05) is 24.4 Å². The lowest BCUT2D eigenvalue weighted by Crippen LogP contribution is -2.30. The van der Waals surface area contributed by atoms with Crippen molar-refractivity contribution in [2.45, 2.75) is 44.5 Å². The summed E-state index contributed by atoms with van der Waals surface area (Å²) in [6, 6.07) is 5.87. The van der Waals surface area contributed by atoms with Crippen LogP contribution in [0.4, 0.5) is 8.78 Å². The van der Waals surface area contributed by atoms with Gasteiger partial charge in [0.1, 0.15) is 11.9 Å². The van der Waals surface area contributed by atoms with Crippen molar-refractivity contribution >= 4 is 20.7 Å². The lowest BCUT2D eigenvalue weighted by Gasteiger charge is -2.23. The molecular weight excluding hydrogens is 402 g/mol. The van der Waals surface area contributed by atoms with E-state index in [2.05, 4.69) is 14.6 Å². The first-order valence-electron chi connectivity index (χ1n) is 10.0. The summed E-state index contributed by atoms with van der Waals surface area (Å²) in [5, 5.41) is 1.07. The molecule has 4 rings (SSSR count). The zero-order valence-corrected chi connectivity index (χ0v) is 17.0. The van der Waals surface area contributed by atoms with Crippen LogP contribution in [0, 0.1) is 0 Å². The molecule has 0 spiro atoms. The Balaban J connectivity index is 1.36. The molecule has 1 aromatic carbocycles. The molecule has 2 fully saturated rings. The van der Waals surface area contributed by atoms with Gasteiger partial charge in [0.25, 0.3) is 0 Å². The maximum atomic E-state index is 12.4. The standard InChI is InChI=1S/C20H26F2N2O4S/c21-20(22)28-17-4-8-24(13-17)7-3-14-12-23-19-2-1-16(11-18(14)19)27-15-5-9-29(25,26)10-6-15/h1-2,11-12,15,17,20,23H,3-10,13H2/t17-/m0/s1. The Hall–Kier alpha value is -1.71. The van der Waals surface area contributed by atoms with Gasteiger partial charge in [-0.05, 0) is 49.4 Å². The number of fused-ring (bicyclic) bond motifs is 1. The highest BCUT2D eigenvalue weighted by Crippen LogP contribution is 2.27. The van der Waals surface area contributed by atoms with Gasteiger partial charge in [0.2, 0.25) is 0 Å². The van der Waals surface area contributed by atoms with Crippen molar-refractivity contribution in [1.82, 2.24) is 9.88 Å². The van der Waals surface area contributed by atoms with Gasteiger partial charge in [-0.1, -0.05) is 0 Å². The maximum absolute atomic E-state index is 12.4. The number of hydrogen-bond acceptors (Lipinski definition) is 5. The van der Waals surface area contributed by atoms with E-state index in [1.165, 1.54) is 0 Å². The number of benzene rings is 1. The third kappa shape index (κ3) is 5.26. The van der Waals surface area contributed by atoms with Crippen LogP contribution in [0.15, 0.2) is 24.4 Å². The van der Waals surface area contributed by atoms with Crippen molar-refractivity contribution < 1.29 is 26.7 Å². The molecule has 2 aromatic rings. The number of aromatic nitrogens is 1. The lowest BCUT2D eigenvalue weighted by atomic mass is 10.1. The third-order valence-corrected chi connectivity index (χ3v) is 7.48. The molecule has 160 valence electrons. The Morgan fingerprint density at radius 3 is 2.72 bits per heavy atom. The predicted octanol–water partition coefficient (Wildman–Crippen LogP) is 2.98. The Kier molecular flexibility index (Phi) is 6.08. The largest absolute Gasteiger partial charge is 0.490 e. The van der Waals surface area contributed by atoms with Crippen LogP contribution in [-0.2, 0) is 21.0 Å². The number of alkyl halides is 2. The number of nitrogens with one attached hydrogen (secondary N) is 1. The van der Waals surface area contributed by atoms with Crippen LogP contribution in [0.25, 0.3) is 10.9 Å². The molecule has 0 amide bonds. The van der Waals surface area contributed by atoms with Crippen molar-refractivity contribution in [2.24, 2.45) is 0 Å². The van der Waals surface area contributed by atoms with Gasteiger partial charge in [-0.2, -0.15) is 8.78 Å². The van der Waals surface area contributed by atoms with Crippen LogP contribution >= 0.6 is 0 Å². The van der Waals surface area contributed by atoms with Crippen LogP contribution < -0.4 is 4.74 Å². The monoisotopic (exact) mass is 428 g/mol. The van der Waals surface area contributed by atoms with Gasteiger partial charge < -0.3 is 19.4 Å². The highest BCUT2D eigenvalue weighted by molar-refractivity contribution is 7.91. The number of rotatable bonds is 7. The molecule has 29 heavy (non-hydrogen) atoms. The van der Waals surface area contributed by atoms with Gasteiger partial charge in [-0.3, -0.25) is 0 Å². The minimum atomic E-state index is -2.91. The number of aromatic amines is 1. The second-order valence-electron chi connectivity index (χ2n) is 7.85. The minimum Gasteiger partial charge on any atom is -0.490 e. The molecule has 1 aromatic heterocycles. The lowest BCUT2D eigenvalue weighted by molar-refractivity contribution is -0.158. The average molecular weight is 429 g/mol. The van der Waals surface area contributed by atoms with E-state index in [9.17, 15) is 17.2 Å². The Bertz CT molecular complexity index is 933. The average Bonchev–Trinajstić information content (AvgIpc) is 3.27. The summed E-state index contributed by atoms with van der Waals surface area (Å²) in [5.41, 5.74) is 2.16. The molecule has 1 N–H and O–H groups in total. The van der Waals surface area contributed by atoms with Gasteiger partial charge >= 0.3 is 6.61 Å². The summed E-state index contributed by atoms with van der Waals surface area (Å²) in [7, 11) is -2.91. The third-order valence-electron chi connectivity index (χ3n) is 5.77. The van der Waals surface area contributed by atoms with E-state index >= 15 is 0 Å². The first-order valence-corrected chi connectivity index (χ1v) is 11.8. The quantitative estimate of drug-likeness (QED) is 0.734. The Labute approximate surface area is 169 Å². The minimum absolute atomic E-state index is 0.0743. The highest BCUT2D eigenvalue weighted by atomic mass is 32.2. The molecule has 0 radical (unpaired) electrons. The maximum Gasteiger partial charge on any atom is 0.345 e. The van der Waals surface area contributed by atoms with E-state index < -0.39 is 22.6 Å². The van der Waals surface area contributed by atoms with Crippen molar-refractivity contribution in [3.05, 3.63) is 30.0 Å². The van der Waals surface area contributed by atoms with Gasteiger partial charge in [0, 0.05) is 36.7 Å². The van der Waals surface area contributed by atoms with Crippen LogP contribution in [-0.4, -0.2) is 68.3 Å². The van der Waals surface area contributed by atoms with Crippen LogP contribution in [0.2, 0.25) is 0 Å². The van der Waals surface area contributed by atoms with Crippen molar-refractivity contribution in [3.8, 4) is 5.75 Å². The summed E-state index contributed by atoms with van der Waals surface area (Å²) >= 11 is 0. The van der Waals surface area contributed by atoms with E-state index in [-0.39, 0.29) is 17.6 Å². The van der Waals surface area contributed by atoms with Gasteiger partial charge in [0.05, 0.1) is 17.6 Å². The number of hydrogen-bond donors (Lipinski definition) is 1. The first-order chi connectivity index (χ1) is 13.9. The normalized spacial score (nSPS) is 23.2. The summed E-state index contributed by atoms with van der Waals surface area (Å²) in [4.78, 5) is 5.41. The Morgan fingerprint density at radius 2 is 1.97 bits per heavy atom. The fraction of sp³-hybridized carbons (Fsp3) is 0.600. The predicted molar refractivity (Wildman–Crippen MR) is 106 cm³/mol. The van der Waals surface area contributed by atoms with Gasteiger partial charge in [0.15, 0.2) is 9.84 Å². The molecular formula is C20H26F2N2O4S. The SMILES string of the molecule is O=S1(=O)CCC(Oc2ccc3[nH]cc(CCN4CC[C@H](OC(F)F)C4)c3c2)CC1. The molecule has 2 aliphatic heterocycles. The molecule has 0 unspecified atom stereocenters. The summed E-state index contributed by atoms with van der Waals surface area (Å²) in [6.07, 6.45) is 3.99. The molecule has 0 aliphatic carbocycles. The number of sulfone groups is 1. The molecule has 0 bridgehead atoms. The van der Waals surface area contributed by atoms with Gasteiger partial charge in [-0.25, -0.2) is 8.42 Å². The first kappa shape index (κ1) is 20.6. The topological polar surface area (TPSA) is 71.6 Å². The summed E-state index contributed by atoms with van der Waals surface area (Å²) in [6.45, 7) is -0.636.